The van der Waals surface area contributed by atoms with Crippen LogP contribution in [0.4, 0.5) is 0 Å². The average molecular weight is 215 g/mol. The van der Waals surface area contributed by atoms with Crippen molar-refractivity contribution in [1.29, 1.82) is 0 Å². The molecule has 0 aliphatic heterocycles. The van der Waals surface area contributed by atoms with Crippen molar-refractivity contribution in [3.8, 4) is 0 Å². The largest absolute Gasteiger partial charge is 0.274 e. The van der Waals surface area contributed by atoms with Gasteiger partial charge < -0.3 is 0 Å². The van der Waals surface area contributed by atoms with E-state index >= 15 is 0 Å². The van der Waals surface area contributed by atoms with Crippen molar-refractivity contribution >= 4 is 16.8 Å². The molecule has 4 heteroatoms. The summed E-state index contributed by atoms with van der Waals surface area (Å²) >= 11 is 5.48. The third-order valence-corrected chi connectivity index (χ3v) is 2.36. The Morgan fingerprint density at radius 1 is 1.43 bits per heavy atom. The lowest BCUT2D eigenvalue weighted by Crippen LogP contribution is -2.13. The van der Waals surface area contributed by atoms with Gasteiger partial charge in [-0.15, -0.1) is 0 Å². The maximum atomic E-state index is 11.1. The standard InChI is InChI=1S/C10H15ClN2O/c1-6-7(9(11)14)13(5)12-8(6)10(2,3)4/h1-5H3. The van der Waals surface area contributed by atoms with Crippen LogP contribution in [0.25, 0.3) is 0 Å². The Labute approximate surface area is 89.1 Å². The summed E-state index contributed by atoms with van der Waals surface area (Å²) in [5.74, 6) is 0. The number of carbonyl (C=O) groups is 1. The normalized spacial score (nSPS) is 11.9. The van der Waals surface area contributed by atoms with Gasteiger partial charge in [0, 0.05) is 18.0 Å². The van der Waals surface area contributed by atoms with E-state index in [2.05, 4.69) is 25.9 Å². The molecule has 1 aromatic heterocycles. The molecule has 1 aromatic rings. The molecule has 1 heterocycles. The molecule has 78 valence electrons. The van der Waals surface area contributed by atoms with Crippen LogP contribution >= 0.6 is 11.6 Å². The molecule has 0 saturated heterocycles. The van der Waals surface area contributed by atoms with Crippen LogP contribution in [0.15, 0.2) is 0 Å². The molecule has 0 atom stereocenters. The summed E-state index contributed by atoms with van der Waals surface area (Å²) in [6, 6.07) is 0. The zero-order valence-electron chi connectivity index (χ0n) is 9.18. The highest BCUT2D eigenvalue weighted by Crippen LogP contribution is 2.26. The quantitative estimate of drug-likeness (QED) is 0.673. The van der Waals surface area contributed by atoms with Crippen LogP contribution in [-0.2, 0) is 12.5 Å². The molecule has 14 heavy (non-hydrogen) atoms. The number of aromatic nitrogens is 2. The van der Waals surface area contributed by atoms with Gasteiger partial charge in [-0.05, 0) is 18.5 Å². The SMILES string of the molecule is Cc1c(C(C)(C)C)nn(C)c1C(=O)Cl. The minimum absolute atomic E-state index is 0.0631. The number of carbonyl (C=O) groups excluding carboxylic acids is 1. The molecular formula is C10H15ClN2O. The first kappa shape index (κ1) is 11.2. The molecule has 0 aliphatic carbocycles. The summed E-state index contributed by atoms with van der Waals surface area (Å²) in [5, 5.41) is 3.86. The topological polar surface area (TPSA) is 34.9 Å². The zero-order chi connectivity index (χ0) is 11.1. The van der Waals surface area contributed by atoms with Crippen molar-refractivity contribution in [2.75, 3.05) is 0 Å². The molecule has 0 aromatic carbocycles. The Hall–Kier alpha value is -0.830. The molecule has 1 rings (SSSR count). The number of halogens is 1. The summed E-state index contributed by atoms with van der Waals surface area (Å²) in [4.78, 5) is 11.1. The van der Waals surface area contributed by atoms with Gasteiger partial charge in [0.2, 0.25) is 0 Å². The van der Waals surface area contributed by atoms with E-state index in [9.17, 15) is 4.79 Å². The lowest BCUT2D eigenvalue weighted by Gasteiger charge is -2.15. The van der Waals surface area contributed by atoms with Crippen LogP contribution in [0.2, 0.25) is 0 Å². The highest BCUT2D eigenvalue weighted by atomic mass is 35.5. The summed E-state index contributed by atoms with van der Waals surface area (Å²) in [6.45, 7) is 8.06. The summed E-state index contributed by atoms with van der Waals surface area (Å²) in [5.41, 5.74) is 2.22. The van der Waals surface area contributed by atoms with Gasteiger partial charge in [-0.3, -0.25) is 9.48 Å². The fraction of sp³-hybridized carbons (Fsp3) is 0.600. The van der Waals surface area contributed by atoms with Crippen LogP contribution in [0.5, 0.6) is 0 Å². The number of nitrogens with zero attached hydrogens (tertiary/aromatic N) is 2. The minimum Gasteiger partial charge on any atom is -0.274 e. The van der Waals surface area contributed by atoms with Crippen molar-refractivity contribution in [2.24, 2.45) is 7.05 Å². The third-order valence-electron chi connectivity index (χ3n) is 2.18. The molecule has 0 bridgehead atoms. The fourth-order valence-electron chi connectivity index (χ4n) is 1.62. The van der Waals surface area contributed by atoms with E-state index in [0.717, 1.165) is 11.3 Å². The van der Waals surface area contributed by atoms with Gasteiger partial charge in [0.25, 0.3) is 5.24 Å². The van der Waals surface area contributed by atoms with Gasteiger partial charge >= 0.3 is 0 Å². The first-order valence-corrected chi connectivity index (χ1v) is 4.87. The molecule has 0 spiro atoms. The van der Waals surface area contributed by atoms with Gasteiger partial charge in [-0.25, -0.2) is 0 Å². The van der Waals surface area contributed by atoms with Gasteiger partial charge in [-0.2, -0.15) is 5.10 Å². The second-order valence-corrected chi connectivity index (χ2v) is 4.81. The van der Waals surface area contributed by atoms with E-state index in [-0.39, 0.29) is 5.41 Å². The van der Waals surface area contributed by atoms with Crippen LogP contribution in [0, 0.1) is 6.92 Å². The van der Waals surface area contributed by atoms with Crippen molar-refractivity contribution < 1.29 is 4.79 Å². The number of rotatable bonds is 1. The lowest BCUT2D eigenvalue weighted by molar-refractivity contribution is 0.107. The maximum absolute atomic E-state index is 11.1. The van der Waals surface area contributed by atoms with Gasteiger partial charge in [0.1, 0.15) is 5.69 Å². The van der Waals surface area contributed by atoms with Gasteiger partial charge in [0.05, 0.1) is 5.69 Å². The molecule has 0 aliphatic rings. The average Bonchev–Trinajstić information content (AvgIpc) is 2.24. The summed E-state index contributed by atoms with van der Waals surface area (Å²) < 4.78 is 1.55. The molecule has 0 unspecified atom stereocenters. The monoisotopic (exact) mass is 214 g/mol. The van der Waals surface area contributed by atoms with Crippen LogP contribution in [0.3, 0.4) is 0 Å². The summed E-state index contributed by atoms with van der Waals surface area (Å²) in [7, 11) is 1.73. The predicted octanol–water partition coefficient (Wildman–Crippen LogP) is 2.41. The Morgan fingerprint density at radius 2 is 1.93 bits per heavy atom. The molecule has 0 saturated carbocycles. The minimum atomic E-state index is -0.451. The van der Waals surface area contributed by atoms with E-state index in [1.807, 2.05) is 6.92 Å². The number of hydrogen-bond donors (Lipinski definition) is 0. The molecule has 0 N–H and O–H groups in total. The molecule has 0 radical (unpaired) electrons. The maximum Gasteiger partial charge on any atom is 0.270 e. The number of aryl methyl sites for hydroxylation is 1. The van der Waals surface area contributed by atoms with E-state index < -0.39 is 5.24 Å². The highest BCUT2D eigenvalue weighted by Gasteiger charge is 2.25. The van der Waals surface area contributed by atoms with Crippen molar-refractivity contribution in [1.82, 2.24) is 9.78 Å². The first-order valence-electron chi connectivity index (χ1n) is 4.49. The summed E-state index contributed by atoms with van der Waals surface area (Å²) in [6.07, 6.45) is 0. The second kappa shape index (κ2) is 3.39. The van der Waals surface area contributed by atoms with E-state index in [1.54, 1.807) is 11.7 Å². The van der Waals surface area contributed by atoms with Gasteiger partial charge in [-0.1, -0.05) is 20.8 Å². The van der Waals surface area contributed by atoms with Crippen molar-refractivity contribution in [3.63, 3.8) is 0 Å². The number of hydrogen-bond acceptors (Lipinski definition) is 2. The van der Waals surface area contributed by atoms with E-state index in [1.165, 1.54) is 0 Å². The Morgan fingerprint density at radius 3 is 2.14 bits per heavy atom. The zero-order valence-corrected chi connectivity index (χ0v) is 9.94. The molecule has 0 amide bonds. The lowest BCUT2D eigenvalue weighted by atomic mass is 9.89. The first-order chi connectivity index (χ1) is 6.25. The third kappa shape index (κ3) is 1.82. The molecular weight excluding hydrogens is 200 g/mol. The molecule has 3 nitrogen and oxygen atoms in total. The molecule has 0 fully saturated rings. The smallest absolute Gasteiger partial charge is 0.270 e. The highest BCUT2D eigenvalue weighted by molar-refractivity contribution is 6.67. The predicted molar refractivity (Wildman–Crippen MR) is 56.8 cm³/mol. The van der Waals surface area contributed by atoms with Crippen LogP contribution < -0.4 is 0 Å². The Kier molecular flexibility index (Phi) is 2.72. The fourth-order valence-corrected chi connectivity index (χ4v) is 1.88. The van der Waals surface area contributed by atoms with Crippen LogP contribution in [0.1, 0.15) is 42.5 Å². The Balaban J connectivity index is 3.39. The Bertz CT molecular complexity index is 374. The second-order valence-electron chi connectivity index (χ2n) is 4.47. The van der Waals surface area contributed by atoms with Crippen molar-refractivity contribution in [2.45, 2.75) is 33.1 Å². The van der Waals surface area contributed by atoms with Gasteiger partial charge in [0.15, 0.2) is 0 Å². The van der Waals surface area contributed by atoms with E-state index in [4.69, 9.17) is 11.6 Å². The van der Waals surface area contributed by atoms with E-state index in [0.29, 0.717) is 5.69 Å². The van der Waals surface area contributed by atoms with Crippen molar-refractivity contribution in [3.05, 3.63) is 17.0 Å². The van der Waals surface area contributed by atoms with Crippen LogP contribution in [-0.4, -0.2) is 15.0 Å².